The van der Waals surface area contributed by atoms with Crippen molar-refractivity contribution in [2.24, 2.45) is 4.99 Å². The van der Waals surface area contributed by atoms with Gasteiger partial charge in [0, 0.05) is 37.7 Å². The zero-order chi connectivity index (χ0) is 19.6. The third-order valence-corrected chi connectivity index (χ3v) is 4.95. The summed E-state index contributed by atoms with van der Waals surface area (Å²) in [5, 5.41) is 7.52. The lowest BCUT2D eigenvalue weighted by atomic mass is 10.1. The van der Waals surface area contributed by atoms with Crippen LogP contribution in [-0.2, 0) is 24.4 Å². The van der Waals surface area contributed by atoms with Crippen molar-refractivity contribution in [1.82, 2.24) is 15.5 Å². The maximum Gasteiger partial charge on any atom is 0.191 e. The number of guanidine groups is 1. The number of nitrogens with zero attached hydrogens (tertiary/aromatic N) is 2. The average molecular weight is 401 g/mol. The van der Waals surface area contributed by atoms with Gasteiger partial charge in [-0.3, -0.25) is 4.90 Å². The first-order valence-electron chi connectivity index (χ1n) is 9.88. The predicted octanol–water partition coefficient (Wildman–Crippen LogP) is 3.43. The molecule has 1 aliphatic rings. The number of ether oxygens (including phenoxy) is 1. The molecule has 1 heterocycles. The summed E-state index contributed by atoms with van der Waals surface area (Å²) in [5.41, 5.74) is 3.74. The molecule has 1 fully saturated rings. The summed E-state index contributed by atoms with van der Waals surface area (Å²) in [7, 11) is 0. The number of halogens is 1. The van der Waals surface area contributed by atoms with E-state index in [-0.39, 0.29) is 0 Å². The Balaban J connectivity index is 1.62. The molecule has 2 aromatic rings. The highest BCUT2D eigenvalue weighted by atomic mass is 35.5. The molecule has 3 rings (SSSR count). The van der Waals surface area contributed by atoms with Gasteiger partial charge in [0.15, 0.2) is 5.96 Å². The van der Waals surface area contributed by atoms with Crippen molar-refractivity contribution < 1.29 is 4.74 Å². The van der Waals surface area contributed by atoms with Gasteiger partial charge in [-0.2, -0.15) is 0 Å². The third-order valence-electron chi connectivity index (χ3n) is 4.72. The van der Waals surface area contributed by atoms with Crippen LogP contribution in [0.1, 0.15) is 23.6 Å². The van der Waals surface area contributed by atoms with E-state index in [1.807, 2.05) is 24.3 Å². The van der Waals surface area contributed by atoms with Crippen molar-refractivity contribution in [3.63, 3.8) is 0 Å². The number of nitrogens with one attached hydrogen (secondary N) is 2. The lowest BCUT2D eigenvalue weighted by molar-refractivity contribution is 0.0341. The second-order valence-electron chi connectivity index (χ2n) is 6.84. The van der Waals surface area contributed by atoms with Gasteiger partial charge >= 0.3 is 0 Å². The number of aliphatic imine (C=N–C) groups is 1. The zero-order valence-corrected chi connectivity index (χ0v) is 17.2. The van der Waals surface area contributed by atoms with Gasteiger partial charge in [0.1, 0.15) is 0 Å². The fourth-order valence-corrected chi connectivity index (χ4v) is 3.42. The molecule has 2 N–H and O–H groups in total. The molecule has 0 unspecified atom stereocenters. The Labute approximate surface area is 172 Å². The van der Waals surface area contributed by atoms with E-state index in [0.717, 1.165) is 62.5 Å². The van der Waals surface area contributed by atoms with Crippen LogP contribution in [-0.4, -0.2) is 43.7 Å². The molecule has 5 nitrogen and oxygen atoms in total. The molecule has 0 spiro atoms. The molecule has 1 saturated heterocycles. The van der Waals surface area contributed by atoms with Crippen molar-refractivity contribution in [3.05, 3.63) is 70.2 Å². The molecule has 0 radical (unpaired) electrons. The quantitative estimate of drug-likeness (QED) is 0.552. The summed E-state index contributed by atoms with van der Waals surface area (Å²) < 4.78 is 5.46. The van der Waals surface area contributed by atoms with Gasteiger partial charge in [-0.05, 0) is 35.7 Å². The Bertz CT molecular complexity index is 775. The molecule has 0 amide bonds. The molecule has 0 saturated carbocycles. The molecule has 28 heavy (non-hydrogen) atoms. The van der Waals surface area contributed by atoms with Crippen LogP contribution in [0.3, 0.4) is 0 Å². The summed E-state index contributed by atoms with van der Waals surface area (Å²) in [4.78, 5) is 7.14. The number of hydrogen-bond acceptors (Lipinski definition) is 3. The average Bonchev–Trinajstić information content (AvgIpc) is 2.72. The van der Waals surface area contributed by atoms with E-state index < -0.39 is 0 Å². The van der Waals surface area contributed by atoms with Crippen molar-refractivity contribution in [1.29, 1.82) is 0 Å². The van der Waals surface area contributed by atoms with Crippen LogP contribution in [0.15, 0.2) is 53.5 Å². The van der Waals surface area contributed by atoms with Crippen LogP contribution >= 0.6 is 11.6 Å². The van der Waals surface area contributed by atoms with Crippen molar-refractivity contribution in [2.45, 2.75) is 26.6 Å². The smallest absolute Gasteiger partial charge is 0.191 e. The molecule has 0 aliphatic carbocycles. The minimum Gasteiger partial charge on any atom is -0.379 e. The molecule has 6 heteroatoms. The number of morpholine rings is 1. The summed E-state index contributed by atoms with van der Waals surface area (Å²) >= 11 is 6.07. The van der Waals surface area contributed by atoms with Gasteiger partial charge < -0.3 is 15.4 Å². The van der Waals surface area contributed by atoms with Gasteiger partial charge in [-0.1, -0.05) is 48.0 Å². The highest BCUT2D eigenvalue weighted by Gasteiger charge is 2.12. The van der Waals surface area contributed by atoms with Gasteiger partial charge in [-0.25, -0.2) is 4.99 Å². The van der Waals surface area contributed by atoms with Crippen molar-refractivity contribution in [3.8, 4) is 0 Å². The third kappa shape index (κ3) is 6.51. The van der Waals surface area contributed by atoms with Crippen molar-refractivity contribution in [2.75, 3.05) is 32.8 Å². The Morgan fingerprint density at radius 3 is 2.61 bits per heavy atom. The highest BCUT2D eigenvalue weighted by molar-refractivity contribution is 6.30. The first-order valence-corrected chi connectivity index (χ1v) is 10.3. The summed E-state index contributed by atoms with van der Waals surface area (Å²) in [5.74, 6) is 0.809. The molecular weight excluding hydrogens is 372 g/mol. The fraction of sp³-hybridized carbons (Fsp3) is 0.409. The SMILES string of the molecule is CCNC(=NCc1cccc(Cl)c1)NCc1ccccc1CN1CCOCC1. The molecule has 1 aliphatic heterocycles. The van der Waals surface area contributed by atoms with E-state index in [1.165, 1.54) is 11.1 Å². The minimum atomic E-state index is 0.589. The van der Waals surface area contributed by atoms with Crippen molar-refractivity contribution >= 4 is 17.6 Å². The largest absolute Gasteiger partial charge is 0.379 e. The molecule has 2 aromatic carbocycles. The Hall–Kier alpha value is -2.08. The zero-order valence-electron chi connectivity index (χ0n) is 16.5. The lowest BCUT2D eigenvalue weighted by Crippen LogP contribution is -2.38. The summed E-state index contributed by atoms with van der Waals surface area (Å²) in [6, 6.07) is 16.4. The first kappa shape index (κ1) is 20.6. The maximum absolute atomic E-state index is 6.07. The highest BCUT2D eigenvalue weighted by Crippen LogP contribution is 2.13. The van der Waals surface area contributed by atoms with E-state index in [9.17, 15) is 0 Å². The van der Waals surface area contributed by atoms with Gasteiger partial charge in [0.25, 0.3) is 0 Å². The topological polar surface area (TPSA) is 48.9 Å². The Kier molecular flexibility index (Phi) is 8.15. The minimum absolute atomic E-state index is 0.589. The van der Waals surface area contributed by atoms with Crippen LogP contribution in [0.4, 0.5) is 0 Å². The lowest BCUT2D eigenvalue weighted by Gasteiger charge is -2.27. The summed E-state index contributed by atoms with van der Waals surface area (Å²) in [6.07, 6.45) is 0. The van der Waals surface area contributed by atoms with Gasteiger partial charge in [-0.15, -0.1) is 0 Å². The first-order chi connectivity index (χ1) is 13.7. The molecule has 0 bridgehead atoms. The van der Waals surface area contributed by atoms with Crippen LogP contribution in [0.5, 0.6) is 0 Å². The maximum atomic E-state index is 6.07. The van der Waals surface area contributed by atoms with E-state index in [4.69, 9.17) is 21.3 Å². The standard InChI is InChI=1S/C22H29ClN4O/c1-2-24-22(25-15-18-6-5-9-21(23)14-18)26-16-19-7-3-4-8-20(19)17-27-10-12-28-13-11-27/h3-9,14H,2,10-13,15-17H2,1H3,(H2,24,25,26). The fourth-order valence-electron chi connectivity index (χ4n) is 3.21. The molecule has 150 valence electrons. The number of benzene rings is 2. The van der Waals surface area contributed by atoms with Gasteiger partial charge in [0.2, 0.25) is 0 Å². The van der Waals surface area contributed by atoms with E-state index in [0.29, 0.717) is 6.54 Å². The number of hydrogen-bond donors (Lipinski definition) is 2. The van der Waals surface area contributed by atoms with Gasteiger partial charge in [0.05, 0.1) is 19.8 Å². The second-order valence-corrected chi connectivity index (χ2v) is 7.27. The van der Waals surface area contributed by atoms with E-state index in [2.05, 4.69) is 46.7 Å². The van der Waals surface area contributed by atoms with E-state index in [1.54, 1.807) is 0 Å². The Morgan fingerprint density at radius 1 is 1.07 bits per heavy atom. The summed E-state index contributed by atoms with van der Waals surface area (Å²) in [6.45, 7) is 8.80. The molecular formula is C22H29ClN4O. The normalized spacial score (nSPS) is 15.4. The molecule has 0 aromatic heterocycles. The number of rotatable bonds is 7. The Morgan fingerprint density at radius 2 is 1.86 bits per heavy atom. The predicted molar refractivity (Wildman–Crippen MR) is 116 cm³/mol. The van der Waals surface area contributed by atoms with Crippen LogP contribution < -0.4 is 10.6 Å². The van der Waals surface area contributed by atoms with E-state index >= 15 is 0 Å². The second kappa shape index (κ2) is 11.1. The monoisotopic (exact) mass is 400 g/mol. The van der Waals surface area contributed by atoms with Crippen LogP contribution in [0, 0.1) is 0 Å². The van der Waals surface area contributed by atoms with Crippen LogP contribution in [0.2, 0.25) is 5.02 Å². The molecule has 0 atom stereocenters. The van der Waals surface area contributed by atoms with Crippen LogP contribution in [0.25, 0.3) is 0 Å².